The first kappa shape index (κ1) is 16.9. The van der Waals surface area contributed by atoms with Crippen LogP contribution in [0.1, 0.15) is 35.4 Å². The number of hydrogen-bond acceptors (Lipinski definition) is 8. The minimum absolute atomic E-state index is 0.0368. The number of nitrogens with two attached hydrogens (primary N) is 1. The molecule has 0 bridgehead atoms. The summed E-state index contributed by atoms with van der Waals surface area (Å²) < 4.78 is 9.21. The van der Waals surface area contributed by atoms with Gasteiger partial charge in [0.05, 0.1) is 31.8 Å². The molecule has 4 N–H and O–H groups in total. The molecule has 0 saturated heterocycles. The Kier molecular flexibility index (Phi) is 6.07. The lowest BCUT2D eigenvalue weighted by Crippen LogP contribution is -2.24. The van der Waals surface area contributed by atoms with Crippen molar-refractivity contribution >= 4 is 17.8 Å². The van der Waals surface area contributed by atoms with Gasteiger partial charge >= 0.3 is 11.9 Å². The number of hydrogen-bond donors (Lipinski definition) is 3. The zero-order valence-corrected chi connectivity index (χ0v) is 11.8. The molecule has 8 nitrogen and oxygen atoms in total. The Morgan fingerprint density at radius 3 is 2.67 bits per heavy atom. The van der Waals surface area contributed by atoms with E-state index in [2.05, 4.69) is 14.5 Å². The lowest BCUT2D eigenvalue weighted by Gasteiger charge is -2.19. The molecule has 0 spiro atoms. The Bertz CT molecular complexity index is 519. The first-order valence-corrected chi connectivity index (χ1v) is 6.26. The number of rotatable bonds is 6. The van der Waals surface area contributed by atoms with Gasteiger partial charge in [0.25, 0.3) is 0 Å². The molecule has 1 heterocycles. The Morgan fingerprint density at radius 1 is 1.43 bits per heavy atom. The Hall–Kier alpha value is -2.19. The van der Waals surface area contributed by atoms with E-state index < -0.39 is 30.6 Å². The normalized spacial score (nSPS) is 13.3. The summed E-state index contributed by atoms with van der Waals surface area (Å²) in [7, 11) is 1.20. The quantitative estimate of drug-likeness (QED) is 0.615. The minimum atomic E-state index is -1.48. The van der Waals surface area contributed by atoms with Crippen molar-refractivity contribution < 1.29 is 29.3 Å². The number of anilines is 1. The summed E-state index contributed by atoms with van der Waals surface area (Å²) in [6.45, 7) is 1.80. The van der Waals surface area contributed by atoms with Gasteiger partial charge in [0, 0.05) is 11.8 Å². The van der Waals surface area contributed by atoms with Crippen LogP contribution in [-0.4, -0.2) is 47.0 Å². The fourth-order valence-electron chi connectivity index (χ4n) is 1.67. The van der Waals surface area contributed by atoms with Crippen molar-refractivity contribution in [3.63, 3.8) is 0 Å². The van der Waals surface area contributed by atoms with Crippen molar-refractivity contribution in [3.8, 4) is 0 Å². The molecule has 21 heavy (non-hydrogen) atoms. The maximum Gasteiger partial charge on any atom is 0.339 e. The highest BCUT2D eigenvalue weighted by Gasteiger charge is 2.25. The largest absolute Gasteiger partial charge is 0.466 e. The van der Waals surface area contributed by atoms with Gasteiger partial charge in [-0.1, -0.05) is 0 Å². The fourth-order valence-corrected chi connectivity index (χ4v) is 1.67. The maximum atomic E-state index is 11.4. The highest BCUT2D eigenvalue weighted by molar-refractivity contribution is 5.89. The highest BCUT2D eigenvalue weighted by Crippen LogP contribution is 2.24. The first-order chi connectivity index (χ1) is 9.90. The zero-order valence-electron chi connectivity index (χ0n) is 11.8. The van der Waals surface area contributed by atoms with Crippen molar-refractivity contribution in [1.82, 2.24) is 4.98 Å². The molecule has 1 rings (SSSR count). The number of aliphatic hydroxyl groups excluding tert-OH is 2. The van der Waals surface area contributed by atoms with Gasteiger partial charge in [-0.15, -0.1) is 0 Å². The van der Waals surface area contributed by atoms with Crippen molar-refractivity contribution in [2.45, 2.75) is 25.6 Å². The molecule has 0 radical (unpaired) electrons. The number of aliphatic hydroxyl groups is 2. The van der Waals surface area contributed by atoms with Crippen molar-refractivity contribution in [2.75, 3.05) is 19.5 Å². The van der Waals surface area contributed by atoms with Crippen LogP contribution in [0.5, 0.6) is 0 Å². The molecule has 1 aromatic heterocycles. The van der Waals surface area contributed by atoms with Gasteiger partial charge in [-0.05, 0) is 13.0 Å². The predicted octanol–water partition coefficient (Wildman–Crippen LogP) is -0.202. The first-order valence-electron chi connectivity index (χ1n) is 6.26. The molecule has 0 fully saturated rings. The topological polar surface area (TPSA) is 132 Å². The number of esters is 2. The van der Waals surface area contributed by atoms with Crippen LogP contribution < -0.4 is 5.73 Å². The van der Waals surface area contributed by atoms with Crippen LogP contribution in [0, 0.1) is 0 Å². The molecule has 2 unspecified atom stereocenters. The second-order valence-corrected chi connectivity index (χ2v) is 4.21. The molecule has 0 aliphatic rings. The molecule has 0 amide bonds. The van der Waals surface area contributed by atoms with Crippen LogP contribution in [0.4, 0.5) is 5.82 Å². The van der Waals surface area contributed by atoms with Gasteiger partial charge in [-0.2, -0.15) is 0 Å². The Balaban J connectivity index is 2.92. The molecule has 8 heteroatoms. The molecule has 0 aromatic carbocycles. The number of ether oxygens (including phenoxy) is 2. The van der Waals surface area contributed by atoms with Crippen LogP contribution >= 0.6 is 0 Å². The van der Waals surface area contributed by atoms with Gasteiger partial charge < -0.3 is 25.4 Å². The maximum absolute atomic E-state index is 11.4. The second-order valence-electron chi connectivity index (χ2n) is 4.21. The van der Waals surface area contributed by atoms with E-state index in [-0.39, 0.29) is 23.6 Å². The standard InChI is InChI=1S/C13H18N2O6/c1-3-21-10(17)5-9(16)11(18)8-4-7(13(19)20-2)6-15-12(8)14/h4,6,9,11,16,18H,3,5H2,1-2H3,(H2,14,15). The van der Waals surface area contributed by atoms with E-state index in [4.69, 9.17) is 5.73 Å². The lowest BCUT2D eigenvalue weighted by molar-refractivity contribution is -0.147. The van der Waals surface area contributed by atoms with Gasteiger partial charge in [-0.25, -0.2) is 9.78 Å². The average Bonchev–Trinajstić information content (AvgIpc) is 2.46. The number of carbonyl (C=O) groups is 2. The molecule has 116 valence electrons. The summed E-state index contributed by atoms with van der Waals surface area (Å²) in [5.74, 6) is -1.37. The second kappa shape index (κ2) is 7.55. The number of pyridine rings is 1. The summed E-state index contributed by atoms with van der Waals surface area (Å²) in [4.78, 5) is 26.4. The molecule has 2 atom stereocenters. The molecular weight excluding hydrogens is 280 g/mol. The third-order valence-electron chi connectivity index (χ3n) is 2.73. The van der Waals surface area contributed by atoms with E-state index >= 15 is 0 Å². The summed E-state index contributed by atoms with van der Waals surface area (Å²) in [5.41, 5.74) is 5.72. The van der Waals surface area contributed by atoms with Crippen molar-refractivity contribution in [1.29, 1.82) is 0 Å². The predicted molar refractivity (Wildman–Crippen MR) is 72.2 cm³/mol. The molecule has 0 aliphatic carbocycles. The van der Waals surface area contributed by atoms with Crippen molar-refractivity contribution in [3.05, 3.63) is 23.4 Å². The van der Waals surface area contributed by atoms with Crippen LogP contribution in [0.25, 0.3) is 0 Å². The van der Waals surface area contributed by atoms with Gasteiger partial charge in [0.15, 0.2) is 0 Å². The summed E-state index contributed by atoms with van der Waals surface area (Å²) in [6.07, 6.45) is -2.13. The van der Waals surface area contributed by atoms with E-state index in [1.807, 2.05) is 0 Å². The SMILES string of the molecule is CCOC(=O)CC(O)C(O)c1cc(C(=O)OC)cnc1N. The fraction of sp³-hybridized carbons (Fsp3) is 0.462. The van der Waals surface area contributed by atoms with Crippen molar-refractivity contribution in [2.24, 2.45) is 0 Å². The Morgan fingerprint density at radius 2 is 2.10 bits per heavy atom. The number of nitrogens with zero attached hydrogens (tertiary/aromatic N) is 1. The van der Waals surface area contributed by atoms with Gasteiger partial charge in [0.2, 0.25) is 0 Å². The summed E-state index contributed by atoms with van der Waals surface area (Å²) in [5, 5.41) is 19.9. The molecular formula is C13H18N2O6. The Labute approximate surface area is 121 Å². The van der Waals surface area contributed by atoms with E-state index in [1.165, 1.54) is 19.4 Å². The third kappa shape index (κ3) is 4.40. The lowest BCUT2D eigenvalue weighted by atomic mass is 10.0. The minimum Gasteiger partial charge on any atom is -0.466 e. The molecule has 1 aromatic rings. The van der Waals surface area contributed by atoms with E-state index in [1.54, 1.807) is 6.92 Å². The smallest absolute Gasteiger partial charge is 0.339 e. The van der Waals surface area contributed by atoms with Crippen LogP contribution in [0.2, 0.25) is 0 Å². The highest BCUT2D eigenvalue weighted by atomic mass is 16.5. The summed E-state index contributed by atoms with van der Waals surface area (Å²) in [6, 6.07) is 1.26. The number of nitrogen functional groups attached to an aromatic ring is 1. The van der Waals surface area contributed by atoms with E-state index in [0.717, 1.165) is 0 Å². The van der Waals surface area contributed by atoms with Gasteiger partial charge in [0.1, 0.15) is 11.9 Å². The monoisotopic (exact) mass is 298 g/mol. The van der Waals surface area contributed by atoms with Crippen LogP contribution in [-0.2, 0) is 14.3 Å². The van der Waals surface area contributed by atoms with E-state index in [0.29, 0.717) is 0 Å². The molecule has 0 saturated carbocycles. The number of methoxy groups -OCH3 is 1. The number of carbonyl (C=O) groups excluding carboxylic acids is 2. The third-order valence-corrected chi connectivity index (χ3v) is 2.73. The summed E-state index contributed by atoms with van der Waals surface area (Å²) >= 11 is 0. The zero-order chi connectivity index (χ0) is 16.0. The van der Waals surface area contributed by atoms with Gasteiger partial charge in [-0.3, -0.25) is 4.79 Å². The average molecular weight is 298 g/mol. The number of aromatic nitrogens is 1. The van der Waals surface area contributed by atoms with Crippen LogP contribution in [0.3, 0.4) is 0 Å². The van der Waals surface area contributed by atoms with Crippen LogP contribution in [0.15, 0.2) is 12.3 Å². The molecule has 0 aliphatic heterocycles. The van der Waals surface area contributed by atoms with E-state index in [9.17, 15) is 19.8 Å².